The molecule has 2 atom stereocenters. The number of carboxylic acids is 1. The van der Waals surface area contributed by atoms with Crippen LogP contribution in [0.15, 0.2) is 11.6 Å². The van der Waals surface area contributed by atoms with Gasteiger partial charge >= 0.3 is 12.1 Å². The number of carboxylic acid groups (broad SMARTS) is 1. The average Bonchev–Trinajstić information content (AvgIpc) is 2.63. The predicted octanol–water partition coefficient (Wildman–Crippen LogP) is 2.06. The van der Waals surface area contributed by atoms with Crippen molar-refractivity contribution in [3.8, 4) is 0 Å². The molecular formula is C19H33N3O5. The van der Waals surface area contributed by atoms with Crippen molar-refractivity contribution in [3.05, 3.63) is 11.6 Å². The second kappa shape index (κ2) is 10.9. The van der Waals surface area contributed by atoms with Crippen LogP contribution in [0.25, 0.3) is 0 Å². The first-order chi connectivity index (χ1) is 12.7. The molecular weight excluding hydrogens is 350 g/mol. The molecule has 2 amide bonds. The smallest absolute Gasteiger partial charge is 0.409 e. The number of alkyl carbamates (subject to hydrolysis) is 1. The summed E-state index contributed by atoms with van der Waals surface area (Å²) in [6.07, 6.45) is 3.61. The second-order valence-electron chi connectivity index (χ2n) is 7.23. The molecule has 1 rings (SSSR count). The molecule has 0 aromatic carbocycles. The van der Waals surface area contributed by atoms with Crippen LogP contribution >= 0.6 is 0 Å². The Labute approximate surface area is 161 Å². The number of ether oxygens (including phenoxy) is 1. The zero-order valence-corrected chi connectivity index (χ0v) is 17.0. The Kier molecular flexibility index (Phi) is 9.28. The SMILES string of the molecule is CCN1CCCCC1OC(=O)NCC(=O)N(C)[C@H](/C=C(\C)C(=O)O)C(C)C. The molecule has 8 nitrogen and oxygen atoms in total. The Bertz CT molecular complexity index is 562. The summed E-state index contributed by atoms with van der Waals surface area (Å²) in [5.74, 6) is -1.30. The van der Waals surface area contributed by atoms with Crippen LogP contribution in [0.1, 0.15) is 47.0 Å². The van der Waals surface area contributed by atoms with Crippen molar-refractivity contribution >= 4 is 18.0 Å². The van der Waals surface area contributed by atoms with Crippen molar-refractivity contribution in [2.45, 2.75) is 59.2 Å². The third-order valence-electron chi connectivity index (χ3n) is 4.87. The van der Waals surface area contributed by atoms with E-state index in [1.165, 1.54) is 11.8 Å². The Balaban J connectivity index is 2.59. The second-order valence-corrected chi connectivity index (χ2v) is 7.23. The number of hydrogen-bond donors (Lipinski definition) is 2. The van der Waals surface area contributed by atoms with Gasteiger partial charge in [0.05, 0.1) is 6.04 Å². The van der Waals surface area contributed by atoms with Crippen LogP contribution in [-0.4, -0.2) is 71.8 Å². The fraction of sp³-hybridized carbons (Fsp3) is 0.737. The molecule has 154 valence electrons. The lowest BCUT2D eigenvalue weighted by Crippen LogP contribution is -2.47. The maximum atomic E-state index is 12.4. The summed E-state index contributed by atoms with van der Waals surface area (Å²) >= 11 is 0. The first kappa shape index (κ1) is 23.0. The van der Waals surface area contributed by atoms with Gasteiger partial charge in [0.2, 0.25) is 5.91 Å². The lowest BCUT2D eigenvalue weighted by molar-refractivity contribution is -0.133. The van der Waals surface area contributed by atoms with Crippen LogP contribution in [0.5, 0.6) is 0 Å². The van der Waals surface area contributed by atoms with E-state index >= 15 is 0 Å². The van der Waals surface area contributed by atoms with Gasteiger partial charge in [0.15, 0.2) is 6.23 Å². The normalized spacial score (nSPS) is 19.5. The summed E-state index contributed by atoms with van der Waals surface area (Å²) in [4.78, 5) is 39.1. The number of carbonyl (C=O) groups is 3. The minimum absolute atomic E-state index is 0.0283. The van der Waals surface area contributed by atoms with Crippen molar-refractivity contribution in [1.82, 2.24) is 15.1 Å². The summed E-state index contributed by atoms with van der Waals surface area (Å²) in [5.41, 5.74) is 0.178. The minimum atomic E-state index is -1.02. The Morgan fingerprint density at radius 2 is 2.00 bits per heavy atom. The van der Waals surface area contributed by atoms with Gasteiger partial charge in [0.25, 0.3) is 0 Å². The molecule has 0 spiro atoms. The zero-order chi connectivity index (χ0) is 20.6. The van der Waals surface area contributed by atoms with E-state index in [4.69, 9.17) is 9.84 Å². The summed E-state index contributed by atoms with van der Waals surface area (Å²) < 4.78 is 5.44. The molecule has 1 fully saturated rings. The zero-order valence-electron chi connectivity index (χ0n) is 17.0. The molecule has 8 heteroatoms. The Morgan fingerprint density at radius 3 is 2.56 bits per heavy atom. The van der Waals surface area contributed by atoms with Gasteiger partial charge in [-0.2, -0.15) is 0 Å². The predicted molar refractivity (Wildman–Crippen MR) is 102 cm³/mol. The van der Waals surface area contributed by atoms with Gasteiger partial charge in [0, 0.05) is 19.2 Å². The molecule has 1 saturated heterocycles. The highest BCUT2D eigenvalue weighted by molar-refractivity contribution is 5.86. The maximum absolute atomic E-state index is 12.4. The number of likely N-dealkylation sites (tertiary alicyclic amines) is 1. The number of amides is 2. The number of carbonyl (C=O) groups excluding carboxylic acids is 2. The lowest BCUT2D eigenvalue weighted by Gasteiger charge is -2.34. The van der Waals surface area contributed by atoms with Gasteiger partial charge in [-0.3, -0.25) is 9.69 Å². The molecule has 1 heterocycles. The standard InChI is InChI=1S/C19H33N3O5/c1-6-22-10-8-7-9-17(22)27-19(26)20-12-16(23)21(5)15(13(2)3)11-14(4)18(24)25/h11,13,15,17H,6-10,12H2,1-5H3,(H,20,26)(H,24,25)/b14-11+/t15-,17?/m1/s1. The molecule has 0 bridgehead atoms. The maximum Gasteiger partial charge on any atom is 0.409 e. The minimum Gasteiger partial charge on any atom is -0.478 e. The highest BCUT2D eigenvalue weighted by atomic mass is 16.6. The average molecular weight is 383 g/mol. The molecule has 2 N–H and O–H groups in total. The fourth-order valence-electron chi connectivity index (χ4n) is 3.14. The summed E-state index contributed by atoms with van der Waals surface area (Å²) in [5, 5.41) is 11.6. The Morgan fingerprint density at radius 1 is 1.33 bits per heavy atom. The van der Waals surface area contributed by atoms with Gasteiger partial charge in [0.1, 0.15) is 6.54 Å². The summed E-state index contributed by atoms with van der Waals surface area (Å²) in [7, 11) is 1.60. The van der Waals surface area contributed by atoms with Gasteiger partial charge in [-0.15, -0.1) is 0 Å². The van der Waals surface area contributed by atoms with Crippen molar-refractivity contribution in [2.24, 2.45) is 5.92 Å². The third-order valence-corrected chi connectivity index (χ3v) is 4.87. The van der Waals surface area contributed by atoms with E-state index in [1.54, 1.807) is 13.1 Å². The molecule has 1 aliphatic rings. The number of piperidine rings is 1. The largest absolute Gasteiger partial charge is 0.478 e. The lowest BCUT2D eigenvalue weighted by atomic mass is 10.00. The molecule has 0 saturated carbocycles. The number of likely N-dealkylation sites (N-methyl/N-ethyl adjacent to an activating group) is 1. The van der Waals surface area contributed by atoms with Crippen molar-refractivity contribution in [1.29, 1.82) is 0 Å². The van der Waals surface area contributed by atoms with Crippen molar-refractivity contribution in [3.63, 3.8) is 0 Å². The van der Waals surface area contributed by atoms with E-state index in [1.807, 2.05) is 20.8 Å². The number of nitrogens with one attached hydrogen (secondary N) is 1. The van der Waals surface area contributed by atoms with E-state index in [-0.39, 0.29) is 36.2 Å². The van der Waals surface area contributed by atoms with E-state index in [9.17, 15) is 14.4 Å². The number of nitrogens with zero attached hydrogens (tertiary/aromatic N) is 2. The molecule has 0 aliphatic carbocycles. The number of aliphatic carboxylic acids is 1. The monoisotopic (exact) mass is 383 g/mol. The van der Waals surface area contributed by atoms with Gasteiger partial charge < -0.3 is 20.1 Å². The molecule has 0 radical (unpaired) electrons. The highest BCUT2D eigenvalue weighted by Gasteiger charge is 2.26. The first-order valence-corrected chi connectivity index (χ1v) is 9.53. The van der Waals surface area contributed by atoms with Crippen molar-refractivity contribution < 1.29 is 24.2 Å². The van der Waals surface area contributed by atoms with Crippen LogP contribution in [0.3, 0.4) is 0 Å². The van der Waals surface area contributed by atoms with Crippen LogP contribution in [-0.2, 0) is 14.3 Å². The van der Waals surface area contributed by atoms with E-state index in [0.717, 1.165) is 32.4 Å². The number of rotatable bonds is 8. The molecule has 27 heavy (non-hydrogen) atoms. The van der Waals surface area contributed by atoms with Gasteiger partial charge in [-0.05, 0) is 38.6 Å². The van der Waals surface area contributed by atoms with Crippen LogP contribution in [0.4, 0.5) is 4.79 Å². The van der Waals surface area contributed by atoms with Crippen LogP contribution in [0, 0.1) is 5.92 Å². The third kappa shape index (κ3) is 7.21. The molecule has 0 aromatic rings. The topological polar surface area (TPSA) is 99.2 Å². The molecule has 1 unspecified atom stereocenters. The number of hydrogen-bond acceptors (Lipinski definition) is 5. The van der Waals surface area contributed by atoms with Crippen molar-refractivity contribution in [2.75, 3.05) is 26.7 Å². The molecule has 1 aliphatic heterocycles. The first-order valence-electron chi connectivity index (χ1n) is 9.53. The van der Waals surface area contributed by atoms with E-state index in [2.05, 4.69) is 10.2 Å². The van der Waals surface area contributed by atoms with Crippen LogP contribution in [0.2, 0.25) is 0 Å². The summed E-state index contributed by atoms with van der Waals surface area (Å²) in [6, 6.07) is -0.375. The fourth-order valence-corrected chi connectivity index (χ4v) is 3.14. The molecule has 0 aromatic heterocycles. The quantitative estimate of drug-likeness (QED) is 0.623. The van der Waals surface area contributed by atoms with E-state index < -0.39 is 12.1 Å². The van der Waals surface area contributed by atoms with Gasteiger partial charge in [-0.25, -0.2) is 9.59 Å². The highest BCUT2D eigenvalue weighted by Crippen LogP contribution is 2.17. The Hall–Kier alpha value is -2.09. The van der Waals surface area contributed by atoms with Crippen LogP contribution < -0.4 is 5.32 Å². The van der Waals surface area contributed by atoms with E-state index in [0.29, 0.717) is 0 Å². The van der Waals surface area contributed by atoms with Gasteiger partial charge in [-0.1, -0.05) is 26.8 Å². The summed E-state index contributed by atoms with van der Waals surface area (Å²) in [6.45, 7) is 8.85.